The molecule has 2 aliphatic rings. The SMILES string of the molecule is CC1NC(c2ccsc2)N(CC2CCCN(C)C2)C1=O. The fourth-order valence-electron chi connectivity index (χ4n) is 3.38. The molecule has 1 aromatic rings. The lowest BCUT2D eigenvalue weighted by Gasteiger charge is -2.34. The molecule has 4 nitrogen and oxygen atoms in total. The number of carbonyl (C=O) groups excluding carboxylic acids is 1. The third-order valence-corrected chi connectivity index (χ3v) is 5.11. The van der Waals surface area contributed by atoms with Crippen LogP contribution in [0.15, 0.2) is 16.8 Å². The highest BCUT2D eigenvalue weighted by Crippen LogP contribution is 2.29. The molecule has 3 rings (SSSR count). The molecule has 110 valence electrons. The Kier molecular flexibility index (Phi) is 4.10. The van der Waals surface area contributed by atoms with Crippen LogP contribution in [0.2, 0.25) is 0 Å². The zero-order valence-electron chi connectivity index (χ0n) is 12.2. The summed E-state index contributed by atoms with van der Waals surface area (Å²) in [5.41, 5.74) is 1.22. The molecule has 0 aliphatic carbocycles. The average Bonchev–Trinajstić information content (AvgIpc) is 3.03. The van der Waals surface area contributed by atoms with Gasteiger partial charge in [-0.3, -0.25) is 10.1 Å². The van der Waals surface area contributed by atoms with Crippen molar-refractivity contribution in [1.82, 2.24) is 15.1 Å². The molecule has 2 aliphatic heterocycles. The maximum atomic E-state index is 12.4. The molecule has 1 amide bonds. The van der Waals surface area contributed by atoms with Gasteiger partial charge in [-0.15, -0.1) is 0 Å². The number of piperidine rings is 1. The normalized spacial score (nSPS) is 32.0. The highest BCUT2D eigenvalue weighted by molar-refractivity contribution is 7.07. The zero-order valence-corrected chi connectivity index (χ0v) is 13.0. The summed E-state index contributed by atoms with van der Waals surface area (Å²) < 4.78 is 0. The van der Waals surface area contributed by atoms with Crippen LogP contribution >= 0.6 is 11.3 Å². The van der Waals surface area contributed by atoms with E-state index in [0.717, 1.165) is 13.1 Å². The van der Waals surface area contributed by atoms with E-state index in [1.54, 1.807) is 11.3 Å². The minimum absolute atomic E-state index is 0.0657. The van der Waals surface area contributed by atoms with Crippen molar-refractivity contribution in [3.05, 3.63) is 22.4 Å². The lowest BCUT2D eigenvalue weighted by atomic mass is 9.97. The molecule has 20 heavy (non-hydrogen) atoms. The van der Waals surface area contributed by atoms with Crippen LogP contribution in [-0.4, -0.2) is 48.4 Å². The number of thiophene rings is 1. The van der Waals surface area contributed by atoms with Crippen molar-refractivity contribution in [2.45, 2.75) is 32.0 Å². The molecule has 0 saturated carbocycles. The van der Waals surface area contributed by atoms with Gasteiger partial charge in [0.15, 0.2) is 0 Å². The lowest BCUT2D eigenvalue weighted by Crippen LogP contribution is -2.41. The summed E-state index contributed by atoms with van der Waals surface area (Å²) in [6, 6.07) is 2.05. The second-order valence-corrected chi connectivity index (χ2v) is 6.89. The molecule has 3 unspecified atom stereocenters. The average molecular weight is 293 g/mol. The van der Waals surface area contributed by atoms with Crippen LogP contribution in [-0.2, 0) is 4.79 Å². The number of carbonyl (C=O) groups is 1. The van der Waals surface area contributed by atoms with Crippen LogP contribution in [0.1, 0.15) is 31.5 Å². The Morgan fingerprint density at radius 1 is 1.50 bits per heavy atom. The van der Waals surface area contributed by atoms with E-state index in [0.29, 0.717) is 5.92 Å². The van der Waals surface area contributed by atoms with E-state index in [9.17, 15) is 4.79 Å². The van der Waals surface area contributed by atoms with Crippen molar-refractivity contribution < 1.29 is 4.79 Å². The number of nitrogens with zero attached hydrogens (tertiary/aromatic N) is 2. The molecule has 0 spiro atoms. The molecule has 1 aromatic heterocycles. The van der Waals surface area contributed by atoms with Crippen molar-refractivity contribution >= 4 is 17.2 Å². The van der Waals surface area contributed by atoms with Gasteiger partial charge in [0.05, 0.1) is 6.04 Å². The summed E-state index contributed by atoms with van der Waals surface area (Å²) in [7, 11) is 2.18. The molecule has 0 aromatic carbocycles. The van der Waals surface area contributed by atoms with Crippen LogP contribution in [0.3, 0.4) is 0 Å². The molecule has 2 fully saturated rings. The Morgan fingerprint density at radius 2 is 2.35 bits per heavy atom. The third-order valence-electron chi connectivity index (χ3n) is 4.41. The molecule has 0 radical (unpaired) electrons. The largest absolute Gasteiger partial charge is 0.321 e. The minimum atomic E-state index is -0.0683. The minimum Gasteiger partial charge on any atom is -0.321 e. The number of rotatable bonds is 3. The summed E-state index contributed by atoms with van der Waals surface area (Å²) in [6.45, 7) is 5.14. The van der Waals surface area contributed by atoms with Gasteiger partial charge in [0.25, 0.3) is 0 Å². The highest BCUT2D eigenvalue weighted by atomic mass is 32.1. The van der Waals surface area contributed by atoms with Crippen LogP contribution < -0.4 is 5.32 Å². The van der Waals surface area contributed by atoms with E-state index < -0.39 is 0 Å². The predicted octanol–water partition coefficient (Wildman–Crippen LogP) is 1.91. The van der Waals surface area contributed by atoms with Crippen molar-refractivity contribution in [2.24, 2.45) is 5.92 Å². The Morgan fingerprint density at radius 3 is 3.05 bits per heavy atom. The second kappa shape index (κ2) is 5.84. The van der Waals surface area contributed by atoms with Gasteiger partial charge >= 0.3 is 0 Å². The van der Waals surface area contributed by atoms with Crippen molar-refractivity contribution in [3.63, 3.8) is 0 Å². The van der Waals surface area contributed by atoms with Crippen LogP contribution in [0.4, 0.5) is 0 Å². The fourth-order valence-corrected chi connectivity index (χ4v) is 4.06. The summed E-state index contributed by atoms with van der Waals surface area (Å²) in [4.78, 5) is 16.9. The topological polar surface area (TPSA) is 35.6 Å². The van der Waals surface area contributed by atoms with E-state index in [2.05, 4.69) is 39.0 Å². The van der Waals surface area contributed by atoms with Gasteiger partial charge in [0, 0.05) is 13.1 Å². The Balaban J connectivity index is 1.73. The van der Waals surface area contributed by atoms with Gasteiger partial charge in [0.1, 0.15) is 6.17 Å². The monoisotopic (exact) mass is 293 g/mol. The van der Waals surface area contributed by atoms with Gasteiger partial charge in [-0.2, -0.15) is 11.3 Å². The quantitative estimate of drug-likeness (QED) is 0.925. The molecule has 2 saturated heterocycles. The standard InChI is InChI=1S/C15H23N3OS/c1-11-15(19)18(9-12-4-3-6-17(2)8-12)14(16-11)13-5-7-20-10-13/h5,7,10-12,14,16H,3-4,6,8-9H2,1-2H3. The van der Waals surface area contributed by atoms with E-state index >= 15 is 0 Å². The first kappa shape index (κ1) is 14.0. The van der Waals surface area contributed by atoms with E-state index in [4.69, 9.17) is 0 Å². The van der Waals surface area contributed by atoms with Gasteiger partial charge in [0.2, 0.25) is 5.91 Å². The molecule has 3 heterocycles. The van der Waals surface area contributed by atoms with Gasteiger partial charge in [-0.1, -0.05) is 0 Å². The number of hydrogen-bond donors (Lipinski definition) is 1. The molecule has 5 heteroatoms. The van der Waals surface area contributed by atoms with Crippen molar-refractivity contribution in [2.75, 3.05) is 26.7 Å². The highest BCUT2D eigenvalue weighted by Gasteiger charge is 2.38. The van der Waals surface area contributed by atoms with E-state index in [1.165, 1.54) is 24.9 Å². The summed E-state index contributed by atoms with van der Waals surface area (Å²) in [5, 5.41) is 7.65. The van der Waals surface area contributed by atoms with Gasteiger partial charge < -0.3 is 9.80 Å². The number of hydrogen-bond acceptors (Lipinski definition) is 4. The van der Waals surface area contributed by atoms with E-state index in [-0.39, 0.29) is 18.1 Å². The van der Waals surface area contributed by atoms with Gasteiger partial charge in [-0.25, -0.2) is 0 Å². The molecule has 1 N–H and O–H groups in total. The number of amides is 1. The van der Waals surface area contributed by atoms with Crippen LogP contribution in [0.25, 0.3) is 0 Å². The van der Waals surface area contributed by atoms with Gasteiger partial charge in [-0.05, 0) is 61.7 Å². The first-order valence-corrected chi connectivity index (χ1v) is 8.36. The summed E-state index contributed by atoms with van der Waals surface area (Å²) in [6.07, 6.45) is 2.55. The Hall–Kier alpha value is -0.910. The maximum absolute atomic E-state index is 12.4. The van der Waals surface area contributed by atoms with Crippen LogP contribution in [0, 0.1) is 5.92 Å². The Bertz CT molecular complexity index is 462. The maximum Gasteiger partial charge on any atom is 0.241 e. The number of nitrogens with one attached hydrogen (secondary N) is 1. The zero-order chi connectivity index (χ0) is 14.1. The smallest absolute Gasteiger partial charge is 0.241 e. The van der Waals surface area contributed by atoms with Crippen LogP contribution in [0.5, 0.6) is 0 Å². The Labute approximate surface area is 124 Å². The molecule has 0 bridgehead atoms. The first-order valence-electron chi connectivity index (χ1n) is 7.42. The lowest BCUT2D eigenvalue weighted by molar-refractivity contribution is -0.130. The number of likely N-dealkylation sites (tertiary alicyclic amines) is 1. The molecule has 3 atom stereocenters. The predicted molar refractivity (Wildman–Crippen MR) is 81.6 cm³/mol. The summed E-state index contributed by atoms with van der Waals surface area (Å²) >= 11 is 1.69. The summed E-state index contributed by atoms with van der Waals surface area (Å²) in [5.74, 6) is 0.848. The molecular weight excluding hydrogens is 270 g/mol. The third kappa shape index (κ3) is 2.75. The first-order chi connectivity index (χ1) is 9.65. The second-order valence-electron chi connectivity index (χ2n) is 6.11. The fraction of sp³-hybridized carbons (Fsp3) is 0.667. The molecular formula is C15H23N3OS. The van der Waals surface area contributed by atoms with Crippen molar-refractivity contribution in [1.29, 1.82) is 0 Å². The van der Waals surface area contributed by atoms with E-state index in [1.807, 2.05) is 6.92 Å². The van der Waals surface area contributed by atoms with Crippen molar-refractivity contribution in [3.8, 4) is 0 Å².